The lowest BCUT2D eigenvalue weighted by atomic mass is 9.87. The Morgan fingerprint density at radius 2 is 1.79 bits per heavy atom. The topological polar surface area (TPSA) is 22.1 Å². The van der Waals surface area contributed by atoms with Crippen molar-refractivity contribution < 1.29 is 4.74 Å². The number of halogens is 1. The smallest absolute Gasteiger partial charge is 0.128 e. The van der Waals surface area contributed by atoms with E-state index in [0.29, 0.717) is 0 Å². The largest absolute Gasteiger partial charge is 0.496 e. The maximum atomic E-state index is 5.42. The van der Waals surface area contributed by atoms with Gasteiger partial charge in [0.25, 0.3) is 0 Å². The van der Waals surface area contributed by atoms with Gasteiger partial charge in [-0.3, -0.25) is 0 Å². The summed E-state index contributed by atoms with van der Waals surface area (Å²) >= 11 is 2.27. The van der Waals surface area contributed by atoms with Crippen LogP contribution in [0, 0.1) is 3.70 Å². The Labute approximate surface area is 128 Å². The molecule has 0 aliphatic carbocycles. The lowest BCUT2D eigenvalue weighted by Gasteiger charge is -2.20. The van der Waals surface area contributed by atoms with Gasteiger partial charge < -0.3 is 4.74 Å². The third-order valence-electron chi connectivity index (χ3n) is 3.04. The number of aromatic nitrogens is 1. The Balaban J connectivity index is 2.60. The fourth-order valence-corrected chi connectivity index (χ4v) is 2.52. The minimum Gasteiger partial charge on any atom is -0.496 e. The maximum absolute atomic E-state index is 5.42. The molecular weight excluding hydrogens is 349 g/mol. The number of pyridine rings is 1. The Kier molecular flexibility index (Phi) is 4.13. The van der Waals surface area contributed by atoms with Crippen molar-refractivity contribution >= 4 is 22.6 Å². The maximum Gasteiger partial charge on any atom is 0.128 e. The predicted octanol–water partition coefficient (Wildman–Crippen LogP) is 4.66. The first-order chi connectivity index (χ1) is 8.91. The van der Waals surface area contributed by atoms with E-state index in [1.807, 2.05) is 24.3 Å². The molecule has 0 N–H and O–H groups in total. The van der Waals surface area contributed by atoms with Crippen molar-refractivity contribution in [1.29, 1.82) is 0 Å². The molecular formula is C16H18INO. The van der Waals surface area contributed by atoms with Crippen LogP contribution in [0.15, 0.2) is 36.4 Å². The monoisotopic (exact) mass is 367 g/mol. The average molecular weight is 367 g/mol. The molecule has 0 aliphatic rings. The van der Waals surface area contributed by atoms with Crippen molar-refractivity contribution in [3.8, 4) is 17.0 Å². The number of para-hydroxylation sites is 1. The van der Waals surface area contributed by atoms with Gasteiger partial charge in [0, 0.05) is 5.56 Å². The lowest BCUT2D eigenvalue weighted by molar-refractivity contribution is 0.416. The highest BCUT2D eigenvalue weighted by atomic mass is 127. The molecule has 1 aromatic carbocycles. The molecule has 0 spiro atoms. The second-order valence-corrected chi connectivity index (χ2v) is 6.62. The lowest BCUT2D eigenvalue weighted by Crippen LogP contribution is -2.12. The Morgan fingerprint density at radius 3 is 2.42 bits per heavy atom. The van der Waals surface area contributed by atoms with Gasteiger partial charge in [-0.25, -0.2) is 4.98 Å². The third kappa shape index (κ3) is 3.26. The van der Waals surface area contributed by atoms with Crippen LogP contribution in [0.3, 0.4) is 0 Å². The molecule has 0 aliphatic heterocycles. The number of hydrogen-bond donors (Lipinski definition) is 0. The van der Waals surface area contributed by atoms with Crippen LogP contribution in [0.1, 0.15) is 26.3 Å². The summed E-state index contributed by atoms with van der Waals surface area (Å²) in [7, 11) is 1.69. The zero-order valence-corrected chi connectivity index (χ0v) is 13.9. The summed E-state index contributed by atoms with van der Waals surface area (Å²) in [5.74, 6) is 0.858. The van der Waals surface area contributed by atoms with Crippen LogP contribution >= 0.6 is 22.6 Å². The summed E-state index contributed by atoms with van der Waals surface area (Å²) in [5, 5.41) is 0. The van der Waals surface area contributed by atoms with Gasteiger partial charge in [-0.1, -0.05) is 32.9 Å². The van der Waals surface area contributed by atoms with E-state index in [2.05, 4.69) is 60.5 Å². The molecule has 2 nitrogen and oxygen atoms in total. The highest BCUT2D eigenvalue weighted by molar-refractivity contribution is 14.1. The summed E-state index contributed by atoms with van der Waals surface area (Å²) in [6.07, 6.45) is 0. The van der Waals surface area contributed by atoms with Gasteiger partial charge in [-0.05, 0) is 57.8 Å². The van der Waals surface area contributed by atoms with Crippen LogP contribution in [-0.4, -0.2) is 12.1 Å². The van der Waals surface area contributed by atoms with Crippen LogP contribution in [0.2, 0.25) is 0 Å². The van der Waals surface area contributed by atoms with Crippen LogP contribution in [0.25, 0.3) is 11.3 Å². The number of benzene rings is 1. The molecule has 2 aromatic rings. The highest BCUT2D eigenvalue weighted by Gasteiger charge is 2.17. The highest BCUT2D eigenvalue weighted by Crippen LogP contribution is 2.32. The van der Waals surface area contributed by atoms with Crippen molar-refractivity contribution in [2.24, 2.45) is 0 Å². The first-order valence-corrected chi connectivity index (χ1v) is 7.31. The number of rotatable bonds is 2. The average Bonchev–Trinajstić information content (AvgIpc) is 2.37. The molecule has 0 unspecified atom stereocenters. The quantitative estimate of drug-likeness (QED) is 0.569. The van der Waals surface area contributed by atoms with E-state index in [1.165, 1.54) is 5.56 Å². The SMILES string of the molecule is COc1ccccc1-c1cc(C(C)(C)C)cc(I)n1. The van der Waals surface area contributed by atoms with E-state index in [9.17, 15) is 0 Å². The van der Waals surface area contributed by atoms with E-state index in [-0.39, 0.29) is 5.41 Å². The van der Waals surface area contributed by atoms with E-state index >= 15 is 0 Å². The second kappa shape index (κ2) is 5.49. The van der Waals surface area contributed by atoms with Crippen molar-refractivity contribution in [1.82, 2.24) is 4.98 Å². The van der Waals surface area contributed by atoms with Gasteiger partial charge in [0.2, 0.25) is 0 Å². The summed E-state index contributed by atoms with van der Waals surface area (Å²) in [5.41, 5.74) is 3.40. The zero-order chi connectivity index (χ0) is 14.0. The van der Waals surface area contributed by atoms with Gasteiger partial charge in [-0.15, -0.1) is 0 Å². The molecule has 0 saturated carbocycles. The Bertz CT molecular complexity index is 588. The van der Waals surface area contributed by atoms with Crippen molar-refractivity contribution in [2.45, 2.75) is 26.2 Å². The second-order valence-electron chi connectivity index (χ2n) is 5.51. The molecule has 0 bridgehead atoms. The normalized spacial score (nSPS) is 11.4. The minimum absolute atomic E-state index is 0.111. The first-order valence-electron chi connectivity index (χ1n) is 6.23. The molecule has 1 aromatic heterocycles. The standard InChI is InChI=1S/C16H18INO/c1-16(2,3)11-9-13(18-15(17)10-11)12-7-5-6-8-14(12)19-4/h5-10H,1-4H3. The summed E-state index contributed by atoms with van der Waals surface area (Å²) in [4.78, 5) is 4.63. The minimum atomic E-state index is 0.111. The molecule has 0 atom stereocenters. The molecule has 0 radical (unpaired) electrons. The van der Waals surface area contributed by atoms with Crippen LogP contribution in [-0.2, 0) is 5.41 Å². The van der Waals surface area contributed by atoms with Crippen molar-refractivity contribution in [2.75, 3.05) is 7.11 Å². The van der Waals surface area contributed by atoms with Gasteiger partial charge in [0.05, 0.1) is 12.8 Å². The van der Waals surface area contributed by atoms with E-state index in [0.717, 1.165) is 20.7 Å². The molecule has 1 heterocycles. The molecule has 0 amide bonds. The van der Waals surface area contributed by atoms with Gasteiger partial charge in [0.15, 0.2) is 0 Å². The number of nitrogens with zero attached hydrogens (tertiary/aromatic N) is 1. The van der Waals surface area contributed by atoms with Crippen LogP contribution < -0.4 is 4.74 Å². The van der Waals surface area contributed by atoms with E-state index < -0.39 is 0 Å². The van der Waals surface area contributed by atoms with Crippen LogP contribution in [0.5, 0.6) is 5.75 Å². The Morgan fingerprint density at radius 1 is 1.11 bits per heavy atom. The predicted molar refractivity (Wildman–Crippen MR) is 87.6 cm³/mol. The van der Waals surface area contributed by atoms with Gasteiger partial charge in [-0.2, -0.15) is 0 Å². The third-order valence-corrected chi connectivity index (χ3v) is 3.60. The molecule has 0 saturated heterocycles. The zero-order valence-electron chi connectivity index (χ0n) is 11.7. The van der Waals surface area contributed by atoms with E-state index in [1.54, 1.807) is 7.11 Å². The van der Waals surface area contributed by atoms with Crippen molar-refractivity contribution in [3.05, 3.63) is 45.7 Å². The van der Waals surface area contributed by atoms with Crippen LogP contribution in [0.4, 0.5) is 0 Å². The summed E-state index contributed by atoms with van der Waals surface area (Å²) in [6, 6.07) is 12.3. The molecule has 2 rings (SSSR count). The first kappa shape index (κ1) is 14.3. The molecule has 100 valence electrons. The van der Waals surface area contributed by atoms with Gasteiger partial charge >= 0.3 is 0 Å². The summed E-state index contributed by atoms with van der Waals surface area (Å²) in [6.45, 7) is 6.64. The molecule has 0 fully saturated rings. The fourth-order valence-electron chi connectivity index (χ4n) is 1.92. The Hall–Kier alpha value is -1.10. The molecule has 3 heteroatoms. The van der Waals surface area contributed by atoms with Gasteiger partial charge in [0.1, 0.15) is 9.45 Å². The fraction of sp³-hybridized carbons (Fsp3) is 0.312. The number of methoxy groups -OCH3 is 1. The number of hydrogen-bond acceptors (Lipinski definition) is 2. The summed E-state index contributed by atoms with van der Waals surface area (Å²) < 4.78 is 6.43. The molecule has 19 heavy (non-hydrogen) atoms. The van der Waals surface area contributed by atoms with E-state index in [4.69, 9.17) is 4.74 Å². The number of ether oxygens (including phenoxy) is 1. The van der Waals surface area contributed by atoms with Crippen molar-refractivity contribution in [3.63, 3.8) is 0 Å².